The highest BCUT2D eigenvalue weighted by Gasteiger charge is 2.29. The minimum absolute atomic E-state index is 0.689. The number of aryl methyl sites for hydroxylation is 1. The molecule has 0 radical (unpaired) electrons. The van der Waals surface area contributed by atoms with E-state index in [1.807, 2.05) is 0 Å². The predicted molar refractivity (Wildman–Crippen MR) is 86.7 cm³/mol. The molecule has 2 aliphatic carbocycles. The first-order valence-corrected chi connectivity index (χ1v) is 8.77. The van der Waals surface area contributed by atoms with Gasteiger partial charge in [-0.25, -0.2) is 4.98 Å². The van der Waals surface area contributed by atoms with Gasteiger partial charge in [0.25, 0.3) is 0 Å². The maximum Gasteiger partial charge on any atom is 0.157 e. The molecule has 1 saturated heterocycles. The molecule has 0 bridgehead atoms. The molecule has 0 atom stereocenters. The van der Waals surface area contributed by atoms with Crippen LogP contribution in [0.5, 0.6) is 0 Å². The van der Waals surface area contributed by atoms with Gasteiger partial charge in [0.2, 0.25) is 0 Å². The topological polar surface area (TPSA) is 45.5 Å². The Kier molecular flexibility index (Phi) is 2.90. The summed E-state index contributed by atoms with van der Waals surface area (Å²) in [5, 5.41) is 8.41. The number of hydrogen-bond acceptors (Lipinski definition) is 4. The van der Waals surface area contributed by atoms with Crippen molar-refractivity contribution in [2.24, 2.45) is 0 Å². The van der Waals surface area contributed by atoms with E-state index in [1.165, 1.54) is 48.5 Å². The number of anilines is 1. The molecule has 3 heterocycles. The first kappa shape index (κ1) is 12.9. The van der Waals surface area contributed by atoms with Crippen LogP contribution in [0.15, 0.2) is 6.07 Å². The minimum atomic E-state index is 0.689. The highest BCUT2D eigenvalue weighted by Crippen LogP contribution is 2.40. The SMILES string of the molecule is c1c(C2CC2)nn2c(N3CCNCC3)c3c(nc12)CCCC3. The Hall–Kier alpha value is -1.62. The molecule has 0 spiro atoms. The smallest absolute Gasteiger partial charge is 0.157 e. The Morgan fingerprint density at radius 1 is 1.09 bits per heavy atom. The molecule has 0 aromatic carbocycles. The second-order valence-electron chi connectivity index (χ2n) is 6.92. The van der Waals surface area contributed by atoms with E-state index in [0.29, 0.717) is 5.92 Å². The summed E-state index contributed by atoms with van der Waals surface area (Å²) < 4.78 is 2.16. The Morgan fingerprint density at radius 3 is 2.73 bits per heavy atom. The van der Waals surface area contributed by atoms with Crippen LogP contribution >= 0.6 is 0 Å². The molecular formula is C17H23N5. The van der Waals surface area contributed by atoms with E-state index in [9.17, 15) is 0 Å². The van der Waals surface area contributed by atoms with Crippen molar-refractivity contribution in [3.8, 4) is 0 Å². The average Bonchev–Trinajstić information content (AvgIpc) is 3.33. The first-order valence-electron chi connectivity index (χ1n) is 8.77. The molecule has 1 N–H and O–H groups in total. The number of nitrogens with one attached hydrogen (secondary N) is 1. The summed E-state index contributed by atoms with van der Waals surface area (Å²) in [6.07, 6.45) is 7.46. The molecule has 1 aliphatic heterocycles. The number of piperazine rings is 1. The summed E-state index contributed by atoms with van der Waals surface area (Å²) in [6, 6.07) is 2.23. The number of fused-ring (bicyclic) bond motifs is 2. The van der Waals surface area contributed by atoms with E-state index in [0.717, 1.165) is 44.7 Å². The lowest BCUT2D eigenvalue weighted by Crippen LogP contribution is -2.45. The van der Waals surface area contributed by atoms with Crippen LogP contribution in [0.1, 0.15) is 48.6 Å². The fourth-order valence-electron chi connectivity index (χ4n) is 3.92. The lowest BCUT2D eigenvalue weighted by molar-refractivity contribution is 0.570. The van der Waals surface area contributed by atoms with Crippen molar-refractivity contribution in [1.82, 2.24) is 19.9 Å². The monoisotopic (exact) mass is 297 g/mol. The van der Waals surface area contributed by atoms with Gasteiger partial charge in [0.05, 0.1) is 5.69 Å². The Labute approximate surface area is 130 Å². The van der Waals surface area contributed by atoms with Gasteiger partial charge >= 0.3 is 0 Å². The van der Waals surface area contributed by atoms with Crippen molar-refractivity contribution in [2.45, 2.75) is 44.4 Å². The Morgan fingerprint density at radius 2 is 1.91 bits per heavy atom. The third-order valence-electron chi connectivity index (χ3n) is 5.28. The maximum absolute atomic E-state index is 4.96. The Balaban J connectivity index is 1.71. The third kappa shape index (κ3) is 2.02. The van der Waals surface area contributed by atoms with Gasteiger partial charge in [-0.05, 0) is 38.5 Å². The quantitative estimate of drug-likeness (QED) is 0.919. The molecule has 0 unspecified atom stereocenters. The van der Waals surface area contributed by atoms with Gasteiger partial charge in [-0.2, -0.15) is 9.61 Å². The van der Waals surface area contributed by atoms with E-state index in [-0.39, 0.29) is 0 Å². The number of aromatic nitrogens is 3. The molecule has 3 aliphatic rings. The zero-order valence-electron chi connectivity index (χ0n) is 13.0. The van der Waals surface area contributed by atoms with Crippen molar-refractivity contribution in [3.63, 3.8) is 0 Å². The first-order chi connectivity index (χ1) is 10.9. The van der Waals surface area contributed by atoms with Gasteiger partial charge in [-0.15, -0.1) is 0 Å². The summed E-state index contributed by atoms with van der Waals surface area (Å²) in [5.41, 5.74) is 5.11. The highest BCUT2D eigenvalue weighted by molar-refractivity contribution is 5.59. The van der Waals surface area contributed by atoms with Crippen LogP contribution in [0.4, 0.5) is 5.82 Å². The molecule has 5 rings (SSSR count). The van der Waals surface area contributed by atoms with Gasteiger partial charge in [-0.3, -0.25) is 0 Å². The van der Waals surface area contributed by atoms with Crippen molar-refractivity contribution in [1.29, 1.82) is 0 Å². The summed E-state index contributed by atoms with van der Waals surface area (Å²) >= 11 is 0. The van der Waals surface area contributed by atoms with Crippen LogP contribution in [0.25, 0.3) is 5.65 Å². The van der Waals surface area contributed by atoms with Gasteiger partial charge in [0.1, 0.15) is 5.82 Å². The minimum Gasteiger partial charge on any atom is -0.354 e. The summed E-state index contributed by atoms with van der Waals surface area (Å²) in [4.78, 5) is 7.49. The molecule has 2 aromatic heterocycles. The fourth-order valence-corrected chi connectivity index (χ4v) is 3.92. The third-order valence-corrected chi connectivity index (χ3v) is 5.28. The highest BCUT2D eigenvalue weighted by atomic mass is 15.4. The molecule has 22 heavy (non-hydrogen) atoms. The van der Waals surface area contributed by atoms with Crippen molar-refractivity contribution in [3.05, 3.63) is 23.0 Å². The number of nitrogens with zero attached hydrogens (tertiary/aromatic N) is 4. The lowest BCUT2D eigenvalue weighted by atomic mass is 9.96. The van der Waals surface area contributed by atoms with Crippen LogP contribution in [-0.2, 0) is 12.8 Å². The maximum atomic E-state index is 4.96. The van der Waals surface area contributed by atoms with E-state index in [1.54, 1.807) is 0 Å². The molecule has 2 aromatic rings. The van der Waals surface area contributed by atoms with E-state index in [2.05, 4.69) is 20.8 Å². The standard InChI is InChI=1S/C17H23N5/c1-2-4-14-13(3-1)17(21-9-7-18-8-10-21)22-16(19-14)11-15(20-22)12-5-6-12/h11-12,18H,1-10H2. The van der Waals surface area contributed by atoms with Gasteiger partial charge in [0, 0.05) is 49.4 Å². The van der Waals surface area contributed by atoms with Crippen molar-refractivity contribution in [2.75, 3.05) is 31.1 Å². The molecule has 116 valence electrons. The number of hydrogen-bond donors (Lipinski definition) is 1. The summed E-state index contributed by atoms with van der Waals surface area (Å²) in [6.45, 7) is 4.28. The summed E-state index contributed by atoms with van der Waals surface area (Å²) in [7, 11) is 0. The molecule has 2 fully saturated rings. The van der Waals surface area contributed by atoms with Crippen molar-refractivity contribution >= 4 is 11.5 Å². The average molecular weight is 297 g/mol. The van der Waals surface area contributed by atoms with E-state index < -0.39 is 0 Å². The van der Waals surface area contributed by atoms with Gasteiger partial charge in [-0.1, -0.05) is 0 Å². The molecule has 1 saturated carbocycles. The van der Waals surface area contributed by atoms with Crippen molar-refractivity contribution < 1.29 is 0 Å². The van der Waals surface area contributed by atoms with Crippen LogP contribution in [-0.4, -0.2) is 40.8 Å². The van der Waals surface area contributed by atoms with Crippen LogP contribution < -0.4 is 10.2 Å². The van der Waals surface area contributed by atoms with Crippen LogP contribution in [0.2, 0.25) is 0 Å². The zero-order chi connectivity index (χ0) is 14.5. The molecule has 5 heteroatoms. The van der Waals surface area contributed by atoms with Gasteiger partial charge in [0.15, 0.2) is 5.65 Å². The molecule has 0 amide bonds. The molecular weight excluding hydrogens is 274 g/mol. The number of rotatable bonds is 2. The Bertz CT molecular complexity index is 709. The largest absolute Gasteiger partial charge is 0.354 e. The molecule has 5 nitrogen and oxygen atoms in total. The van der Waals surface area contributed by atoms with Crippen LogP contribution in [0.3, 0.4) is 0 Å². The second-order valence-corrected chi connectivity index (χ2v) is 6.92. The van der Waals surface area contributed by atoms with Gasteiger partial charge < -0.3 is 10.2 Å². The lowest BCUT2D eigenvalue weighted by Gasteiger charge is -2.32. The predicted octanol–water partition coefficient (Wildman–Crippen LogP) is 1.90. The normalized spacial score (nSPS) is 22.1. The second kappa shape index (κ2) is 4.95. The van der Waals surface area contributed by atoms with E-state index in [4.69, 9.17) is 10.1 Å². The van der Waals surface area contributed by atoms with Crippen LogP contribution in [0, 0.1) is 0 Å². The summed E-state index contributed by atoms with van der Waals surface area (Å²) in [5.74, 6) is 2.03. The zero-order valence-corrected chi connectivity index (χ0v) is 13.0. The van der Waals surface area contributed by atoms with E-state index >= 15 is 0 Å². The fraction of sp³-hybridized carbons (Fsp3) is 0.647.